The third kappa shape index (κ3) is 3.57. The van der Waals surface area contributed by atoms with Crippen molar-refractivity contribution in [3.05, 3.63) is 64.4 Å². The lowest BCUT2D eigenvalue weighted by Crippen LogP contribution is -2.20. The molecule has 0 fully saturated rings. The maximum Gasteiger partial charge on any atom is 0.138 e. The van der Waals surface area contributed by atoms with Gasteiger partial charge in [-0.05, 0) is 48.4 Å². The molecule has 0 saturated heterocycles. The summed E-state index contributed by atoms with van der Waals surface area (Å²) in [4.78, 5) is 1.76. The van der Waals surface area contributed by atoms with Crippen LogP contribution in [0.2, 0.25) is 0 Å². The molecular weight excluding hydrogens is 349 g/mol. The van der Waals surface area contributed by atoms with Gasteiger partial charge in [0, 0.05) is 20.8 Å². The number of nitrogens with one attached hydrogen (secondary N) is 1. The summed E-state index contributed by atoms with van der Waals surface area (Å²) in [7, 11) is 0. The monoisotopic (exact) mass is 363 g/mol. The Labute approximate surface area is 136 Å². The maximum absolute atomic E-state index is 14.0. The van der Waals surface area contributed by atoms with Crippen LogP contribution >= 0.6 is 27.7 Å². The van der Waals surface area contributed by atoms with Crippen LogP contribution < -0.4 is 5.32 Å². The van der Waals surface area contributed by atoms with Crippen molar-refractivity contribution in [1.82, 2.24) is 5.32 Å². The zero-order chi connectivity index (χ0) is 14.7. The van der Waals surface area contributed by atoms with Crippen molar-refractivity contribution >= 4 is 33.3 Å². The molecule has 1 N–H and O–H groups in total. The highest BCUT2D eigenvalue weighted by atomic mass is 79.9. The normalized spacial score (nSPS) is 14.9. The molecule has 0 unspecified atom stereocenters. The Balaban J connectivity index is 1.93. The van der Waals surface area contributed by atoms with Crippen LogP contribution in [0.5, 0.6) is 0 Å². The van der Waals surface area contributed by atoms with E-state index in [0.29, 0.717) is 4.90 Å². The third-order valence-electron chi connectivity index (χ3n) is 3.41. The lowest BCUT2D eigenvalue weighted by Gasteiger charge is -2.17. The second-order valence-electron chi connectivity index (χ2n) is 4.86. The quantitative estimate of drug-likeness (QED) is 0.812. The summed E-state index contributed by atoms with van der Waals surface area (Å²) in [6.45, 7) is 1.90. The summed E-state index contributed by atoms with van der Waals surface area (Å²) in [5.41, 5.74) is 2.56. The number of hydrogen-bond donors (Lipinski definition) is 1. The standard InChI is InChI=1S/C17H15BrFNS/c18-13-5-6-17(15(19)11-13)21-16-4-2-1-3-14(16)12-7-9-20-10-8-12/h1-7,11,20H,8-10H2. The summed E-state index contributed by atoms with van der Waals surface area (Å²) in [6.07, 6.45) is 3.24. The van der Waals surface area contributed by atoms with Gasteiger partial charge in [-0.15, -0.1) is 0 Å². The first-order valence-electron chi connectivity index (χ1n) is 6.86. The van der Waals surface area contributed by atoms with Crippen LogP contribution in [0, 0.1) is 5.82 Å². The van der Waals surface area contributed by atoms with Crippen LogP contribution in [-0.2, 0) is 0 Å². The SMILES string of the molecule is Fc1cc(Br)ccc1Sc1ccccc1C1=CCNCC1. The van der Waals surface area contributed by atoms with Crippen LogP contribution in [0.25, 0.3) is 5.57 Å². The Morgan fingerprint density at radius 3 is 2.71 bits per heavy atom. The van der Waals surface area contributed by atoms with Crippen LogP contribution in [0.3, 0.4) is 0 Å². The number of hydrogen-bond acceptors (Lipinski definition) is 2. The molecule has 2 aromatic carbocycles. The lowest BCUT2D eigenvalue weighted by atomic mass is 10.0. The highest BCUT2D eigenvalue weighted by Crippen LogP contribution is 2.36. The largest absolute Gasteiger partial charge is 0.313 e. The summed E-state index contributed by atoms with van der Waals surface area (Å²) in [5.74, 6) is -0.191. The molecule has 2 aromatic rings. The molecule has 1 nitrogen and oxygen atoms in total. The van der Waals surface area contributed by atoms with Gasteiger partial charge in [-0.2, -0.15) is 0 Å². The minimum Gasteiger partial charge on any atom is -0.313 e. The van der Waals surface area contributed by atoms with E-state index in [1.54, 1.807) is 0 Å². The van der Waals surface area contributed by atoms with E-state index in [1.807, 2.05) is 24.3 Å². The van der Waals surface area contributed by atoms with Crippen molar-refractivity contribution in [1.29, 1.82) is 0 Å². The molecule has 0 saturated carbocycles. The Morgan fingerprint density at radius 2 is 1.95 bits per heavy atom. The third-order valence-corrected chi connectivity index (χ3v) is 5.03. The number of rotatable bonds is 3. The molecule has 21 heavy (non-hydrogen) atoms. The van der Waals surface area contributed by atoms with Crippen molar-refractivity contribution in [3.8, 4) is 0 Å². The summed E-state index contributed by atoms with van der Waals surface area (Å²) >= 11 is 4.78. The second-order valence-corrected chi connectivity index (χ2v) is 6.86. The number of benzene rings is 2. The fourth-order valence-corrected chi connectivity index (χ4v) is 3.68. The van der Waals surface area contributed by atoms with E-state index in [1.165, 1.54) is 29.0 Å². The van der Waals surface area contributed by atoms with Gasteiger partial charge < -0.3 is 5.32 Å². The Morgan fingerprint density at radius 1 is 1.10 bits per heavy atom. The van der Waals surface area contributed by atoms with Crippen LogP contribution in [0.1, 0.15) is 12.0 Å². The molecule has 0 spiro atoms. The maximum atomic E-state index is 14.0. The average Bonchev–Trinajstić information content (AvgIpc) is 2.51. The van der Waals surface area contributed by atoms with Gasteiger partial charge in [0.05, 0.1) is 0 Å². The van der Waals surface area contributed by atoms with E-state index in [2.05, 4.69) is 39.5 Å². The molecule has 0 aliphatic carbocycles. The number of halogens is 2. The van der Waals surface area contributed by atoms with Crippen LogP contribution in [-0.4, -0.2) is 13.1 Å². The molecule has 0 atom stereocenters. The van der Waals surface area contributed by atoms with Crippen molar-refractivity contribution in [2.45, 2.75) is 16.2 Å². The fourth-order valence-electron chi connectivity index (χ4n) is 2.36. The first-order valence-corrected chi connectivity index (χ1v) is 8.47. The molecule has 0 aromatic heterocycles. The zero-order valence-corrected chi connectivity index (χ0v) is 13.8. The summed E-state index contributed by atoms with van der Waals surface area (Å²) in [5, 5.41) is 3.32. The minimum absolute atomic E-state index is 0.191. The van der Waals surface area contributed by atoms with Gasteiger partial charge in [0.15, 0.2) is 0 Å². The van der Waals surface area contributed by atoms with Crippen molar-refractivity contribution in [3.63, 3.8) is 0 Å². The molecule has 1 aliphatic rings. The second kappa shape index (κ2) is 6.77. The van der Waals surface area contributed by atoms with Crippen LogP contribution in [0.15, 0.2) is 62.8 Å². The van der Waals surface area contributed by atoms with E-state index >= 15 is 0 Å². The van der Waals surface area contributed by atoms with Gasteiger partial charge in [-0.25, -0.2) is 4.39 Å². The van der Waals surface area contributed by atoms with Gasteiger partial charge in [-0.3, -0.25) is 0 Å². The van der Waals surface area contributed by atoms with Crippen molar-refractivity contribution < 1.29 is 4.39 Å². The topological polar surface area (TPSA) is 12.0 Å². The summed E-state index contributed by atoms with van der Waals surface area (Å²) in [6, 6.07) is 13.4. The van der Waals surface area contributed by atoms with Gasteiger partial charge in [-0.1, -0.05) is 52.0 Å². The van der Waals surface area contributed by atoms with E-state index in [0.717, 1.165) is 28.9 Å². The Hall–Kier alpha value is -1.10. The molecule has 3 rings (SSSR count). The van der Waals surface area contributed by atoms with Gasteiger partial charge in [0.25, 0.3) is 0 Å². The van der Waals surface area contributed by atoms with E-state index in [-0.39, 0.29) is 5.82 Å². The zero-order valence-electron chi connectivity index (χ0n) is 11.4. The minimum atomic E-state index is -0.191. The molecule has 1 aliphatic heterocycles. The predicted octanol–water partition coefficient (Wildman–Crippen LogP) is 5.12. The highest BCUT2D eigenvalue weighted by molar-refractivity contribution is 9.10. The van der Waals surface area contributed by atoms with Crippen molar-refractivity contribution in [2.24, 2.45) is 0 Å². The highest BCUT2D eigenvalue weighted by Gasteiger charge is 2.12. The van der Waals surface area contributed by atoms with Crippen LogP contribution in [0.4, 0.5) is 4.39 Å². The molecule has 0 radical (unpaired) electrons. The van der Waals surface area contributed by atoms with Gasteiger partial charge in [0.1, 0.15) is 5.82 Å². The van der Waals surface area contributed by atoms with E-state index < -0.39 is 0 Å². The van der Waals surface area contributed by atoms with Gasteiger partial charge >= 0.3 is 0 Å². The van der Waals surface area contributed by atoms with Gasteiger partial charge in [0.2, 0.25) is 0 Å². The summed E-state index contributed by atoms with van der Waals surface area (Å²) < 4.78 is 14.8. The smallest absolute Gasteiger partial charge is 0.138 e. The Bertz CT molecular complexity index is 684. The molecule has 4 heteroatoms. The first-order chi connectivity index (χ1) is 10.2. The molecule has 0 amide bonds. The molecule has 1 heterocycles. The lowest BCUT2D eigenvalue weighted by molar-refractivity contribution is 0.601. The molecule has 0 bridgehead atoms. The molecule has 108 valence electrons. The Kier molecular flexibility index (Phi) is 4.78. The van der Waals surface area contributed by atoms with Crippen molar-refractivity contribution in [2.75, 3.05) is 13.1 Å². The first kappa shape index (κ1) is 14.8. The van der Waals surface area contributed by atoms with E-state index in [9.17, 15) is 4.39 Å². The van der Waals surface area contributed by atoms with E-state index in [4.69, 9.17) is 0 Å². The predicted molar refractivity (Wildman–Crippen MR) is 90.1 cm³/mol. The fraction of sp³-hybridized carbons (Fsp3) is 0.176. The average molecular weight is 364 g/mol. The molecular formula is C17H15BrFNS.